The van der Waals surface area contributed by atoms with E-state index in [2.05, 4.69) is 29.7 Å². The van der Waals surface area contributed by atoms with Gasteiger partial charge >= 0.3 is 0 Å². The van der Waals surface area contributed by atoms with Gasteiger partial charge in [0.1, 0.15) is 18.2 Å². The van der Waals surface area contributed by atoms with Crippen molar-refractivity contribution in [2.24, 2.45) is 0 Å². The van der Waals surface area contributed by atoms with E-state index in [9.17, 15) is 4.79 Å². The lowest BCUT2D eigenvalue weighted by Crippen LogP contribution is -2.34. The van der Waals surface area contributed by atoms with Crippen LogP contribution in [0.2, 0.25) is 0 Å². The van der Waals surface area contributed by atoms with Crippen molar-refractivity contribution in [3.05, 3.63) is 71.8 Å². The predicted octanol–water partition coefficient (Wildman–Crippen LogP) is 5.17. The Morgan fingerprint density at radius 1 is 1.00 bits per heavy atom. The Balaban J connectivity index is 1.24. The maximum atomic E-state index is 12.5. The number of carbonyl (C=O) groups excluding carboxylic acids is 1. The van der Waals surface area contributed by atoms with Crippen molar-refractivity contribution in [1.29, 1.82) is 0 Å². The van der Waals surface area contributed by atoms with E-state index < -0.39 is 0 Å². The molecule has 1 amide bonds. The number of anilines is 1. The molecule has 8 heteroatoms. The third-order valence-electron chi connectivity index (χ3n) is 4.97. The van der Waals surface area contributed by atoms with Crippen LogP contribution in [0.15, 0.2) is 60.7 Å². The smallest absolute Gasteiger partial charge is 0.257 e. The summed E-state index contributed by atoms with van der Waals surface area (Å²) in [5, 5.41) is 6.92. The summed E-state index contributed by atoms with van der Waals surface area (Å²) in [5.74, 6) is 0.876. The number of aryl methyl sites for hydroxylation is 1. The molecule has 0 aliphatic carbocycles. The minimum atomic E-state index is -0.319. The van der Waals surface area contributed by atoms with E-state index in [-0.39, 0.29) is 11.0 Å². The molecular formula is C24H19N3O3S2. The molecule has 2 heterocycles. The van der Waals surface area contributed by atoms with Gasteiger partial charge in [-0.2, -0.15) is 0 Å². The topological polar surface area (TPSA) is 72.5 Å². The van der Waals surface area contributed by atoms with E-state index in [0.717, 1.165) is 21.8 Å². The molecule has 0 saturated heterocycles. The van der Waals surface area contributed by atoms with E-state index in [1.807, 2.05) is 30.3 Å². The van der Waals surface area contributed by atoms with Gasteiger partial charge in [0, 0.05) is 16.8 Å². The second kappa shape index (κ2) is 8.57. The SMILES string of the molecule is Cc1ccc2nc(-c3ccc(NC(=S)NC(=O)c4ccc5c(c4)OCCO5)cc3)sc2c1. The Morgan fingerprint density at radius 2 is 1.78 bits per heavy atom. The highest BCUT2D eigenvalue weighted by Gasteiger charge is 2.16. The van der Waals surface area contributed by atoms with Crippen LogP contribution in [0.1, 0.15) is 15.9 Å². The minimum Gasteiger partial charge on any atom is -0.486 e. The average Bonchev–Trinajstić information content (AvgIpc) is 3.22. The lowest BCUT2D eigenvalue weighted by molar-refractivity contribution is 0.0976. The summed E-state index contributed by atoms with van der Waals surface area (Å²) in [6, 6.07) is 19.1. The van der Waals surface area contributed by atoms with E-state index in [1.54, 1.807) is 29.5 Å². The Bertz CT molecular complexity index is 1330. The normalized spacial score (nSPS) is 12.4. The monoisotopic (exact) mass is 461 g/mol. The quantitative estimate of drug-likeness (QED) is 0.410. The fourth-order valence-electron chi connectivity index (χ4n) is 3.37. The van der Waals surface area contributed by atoms with Gasteiger partial charge in [0.05, 0.1) is 10.2 Å². The molecule has 0 saturated carbocycles. The highest BCUT2D eigenvalue weighted by molar-refractivity contribution is 7.80. The van der Waals surface area contributed by atoms with Gasteiger partial charge in [0.25, 0.3) is 5.91 Å². The zero-order valence-electron chi connectivity index (χ0n) is 17.2. The summed E-state index contributed by atoms with van der Waals surface area (Å²) in [7, 11) is 0. The van der Waals surface area contributed by atoms with Crippen LogP contribution in [0, 0.1) is 6.92 Å². The van der Waals surface area contributed by atoms with E-state index in [1.165, 1.54) is 10.3 Å². The molecule has 1 aromatic heterocycles. The van der Waals surface area contributed by atoms with E-state index >= 15 is 0 Å². The van der Waals surface area contributed by atoms with Crippen LogP contribution in [0.3, 0.4) is 0 Å². The first-order chi connectivity index (χ1) is 15.5. The summed E-state index contributed by atoms with van der Waals surface area (Å²) in [6.45, 7) is 3.05. The third kappa shape index (κ3) is 4.28. The second-order valence-electron chi connectivity index (χ2n) is 7.33. The van der Waals surface area contributed by atoms with Gasteiger partial charge < -0.3 is 14.8 Å². The lowest BCUT2D eigenvalue weighted by Gasteiger charge is -2.18. The summed E-state index contributed by atoms with van der Waals surface area (Å²) >= 11 is 6.97. The first-order valence-electron chi connectivity index (χ1n) is 10.0. The Morgan fingerprint density at radius 3 is 2.59 bits per heavy atom. The van der Waals surface area contributed by atoms with Crippen LogP contribution < -0.4 is 20.1 Å². The number of fused-ring (bicyclic) bond motifs is 2. The van der Waals surface area contributed by atoms with Crippen LogP contribution >= 0.6 is 23.6 Å². The van der Waals surface area contributed by atoms with Crippen molar-refractivity contribution in [3.63, 3.8) is 0 Å². The number of hydrogen-bond donors (Lipinski definition) is 2. The van der Waals surface area contributed by atoms with Crippen LogP contribution in [0.25, 0.3) is 20.8 Å². The van der Waals surface area contributed by atoms with Gasteiger partial charge in [-0.15, -0.1) is 11.3 Å². The Labute approximate surface area is 194 Å². The number of benzene rings is 3. The first kappa shape index (κ1) is 20.4. The standard InChI is InChI=1S/C24H19N3O3S2/c1-14-2-8-18-21(12-14)32-23(26-18)15-3-6-17(7-4-15)25-24(31)27-22(28)16-5-9-19-20(13-16)30-11-10-29-19/h2-9,12-13H,10-11H2,1H3,(H2,25,27,28,31). The molecule has 0 unspecified atom stereocenters. The predicted molar refractivity (Wildman–Crippen MR) is 131 cm³/mol. The number of ether oxygens (including phenoxy) is 2. The maximum absolute atomic E-state index is 12.5. The Kier molecular flexibility index (Phi) is 5.46. The second-order valence-corrected chi connectivity index (χ2v) is 8.77. The number of amides is 1. The molecule has 6 nitrogen and oxygen atoms in total. The molecular weight excluding hydrogens is 442 g/mol. The van der Waals surface area contributed by atoms with Gasteiger partial charge in [-0.3, -0.25) is 10.1 Å². The molecule has 1 aliphatic heterocycles. The molecule has 1 aliphatic rings. The van der Waals surface area contributed by atoms with Crippen molar-refractivity contribution in [1.82, 2.24) is 10.3 Å². The third-order valence-corrected chi connectivity index (χ3v) is 6.24. The number of rotatable bonds is 3. The zero-order chi connectivity index (χ0) is 22.1. The minimum absolute atomic E-state index is 0.216. The summed E-state index contributed by atoms with van der Waals surface area (Å²) < 4.78 is 12.2. The van der Waals surface area contributed by atoms with E-state index in [0.29, 0.717) is 30.3 Å². The molecule has 5 rings (SSSR count). The van der Waals surface area contributed by atoms with Crippen LogP contribution in [-0.4, -0.2) is 29.2 Å². The number of aromatic nitrogens is 1. The summed E-state index contributed by atoms with van der Waals surface area (Å²) in [6.07, 6.45) is 0. The zero-order valence-corrected chi connectivity index (χ0v) is 18.8. The van der Waals surface area contributed by atoms with Gasteiger partial charge in [0.15, 0.2) is 16.6 Å². The van der Waals surface area contributed by atoms with Gasteiger partial charge in [0.2, 0.25) is 0 Å². The molecule has 32 heavy (non-hydrogen) atoms. The van der Waals surface area contributed by atoms with Crippen molar-refractivity contribution in [3.8, 4) is 22.1 Å². The van der Waals surface area contributed by atoms with Crippen molar-refractivity contribution < 1.29 is 14.3 Å². The highest BCUT2D eigenvalue weighted by Crippen LogP contribution is 2.32. The van der Waals surface area contributed by atoms with Crippen LogP contribution in [-0.2, 0) is 0 Å². The maximum Gasteiger partial charge on any atom is 0.257 e. The Hall–Kier alpha value is -3.49. The number of thiocarbonyl (C=S) groups is 1. The fourth-order valence-corrected chi connectivity index (χ4v) is 4.65. The molecule has 2 N–H and O–H groups in total. The van der Waals surface area contributed by atoms with Gasteiger partial charge in [-0.05, 0) is 79.3 Å². The molecule has 0 radical (unpaired) electrons. The molecule has 160 valence electrons. The highest BCUT2D eigenvalue weighted by atomic mass is 32.1. The van der Waals surface area contributed by atoms with Crippen molar-refractivity contribution in [2.45, 2.75) is 6.92 Å². The van der Waals surface area contributed by atoms with E-state index in [4.69, 9.17) is 26.7 Å². The molecule has 0 spiro atoms. The van der Waals surface area contributed by atoms with Crippen LogP contribution in [0.5, 0.6) is 11.5 Å². The largest absolute Gasteiger partial charge is 0.486 e. The fraction of sp³-hybridized carbons (Fsp3) is 0.125. The summed E-state index contributed by atoms with van der Waals surface area (Å²) in [5.41, 5.74) is 4.47. The number of nitrogens with one attached hydrogen (secondary N) is 2. The number of hydrogen-bond acceptors (Lipinski definition) is 6. The number of thiazole rings is 1. The number of nitrogens with zero attached hydrogens (tertiary/aromatic N) is 1. The molecule has 0 fully saturated rings. The van der Waals surface area contributed by atoms with Crippen molar-refractivity contribution in [2.75, 3.05) is 18.5 Å². The van der Waals surface area contributed by atoms with Gasteiger partial charge in [-0.1, -0.05) is 6.07 Å². The molecule has 0 atom stereocenters. The molecule has 4 aromatic rings. The van der Waals surface area contributed by atoms with Crippen molar-refractivity contribution >= 4 is 50.5 Å². The number of carbonyl (C=O) groups is 1. The average molecular weight is 462 g/mol. The molecule has 0 bridgehead atoms. The van der Waals surface area contributed by atoms with Crippen LogP contribution in [0.4, 0.5) is 5.69 Å². The molecule has 3 aromatic carbocycles. The van der Waals surface area contributed by atoms with Gasteiger partial charge in [-0.25, -0.2) is 4.98 Å². The summed E-state index contributed by atoms with van der Waals surface area (Å²) in [4.78, 5) is 17.3. The first-order valence-corrected chi connectivity index (χ1v) is 11.3. The lowest BCUT2D eigenvalue weighted by atomic mass is 10.2.